The number of hydrogen-bond acceptors (Lipinski definition) is 2. The van der Waals surface area contributed by atoms with Crippen LogP contribution in [0.15, 0.2) is 47.6 Å². The predicted molar refractivity (Wildman–Crippen MR) is 69.5 cm³/mol. The Morgan fingerprint density at radius 3 is 2.80 bits per heavy atom. The van der Waals surface area contributed by atoms with Crippen molar-refractivity contribution in [1.82, 2.24) is 0 Å². The molecule has 1 aromatic carbocycles. The van der Waals surface area contributed by atoms with Gasteiger partial charge < -0.3 is 4.18 Å². The highest BCUT2D eigenvalue weighted by Crippen LogP contribution is 2.50. The second kappa shape index (κ2) is 3.58. The third kappa shape index (κ3) is 1.56. The van der Waals surface area contributed by atoms with Crippen LogP contribution in [0.2, 0.25) is 0 Å². The number of allylic oxidation sites excluding steroid dienone is 3. The highest BCUT2D eigenvalue weighted by molar-refractivity contribution is 8.84. The zero-order chi connectivity index (χ0) is 10.3. The number of hydrogen-bond donors (Lipinski definition) is 0. The summed E-state index contributed by atoms with van der Waals surface area (Å²) in [5, 5.41) is 2.21. The smallest absolute Gasteiger partial charge is 0.113 e. The van der Waals surface area contributed by atoms with Crippen molar-refractivity contribution in [2.75, 3.05) is 0 Å². The molecule has 1 atom stereocenters. The van der Waals surface area contributed by atoms with Crippen molar-refractivity contribution >= 4 is 31.0 Å². The van der Waals surface area contributed by atoms with Crippen LogP contribution < -0.4 is 0 Å². The van der Waals surface area contributed by atoms with Gasteiger partial charge in [0.05, 0.1) is 14.7 Å². The molecule has 0 aliphatic carbocycles. The Morgan fingerprint density at radius 2 is 2.00 bits per heavy atom. The van der Waals surface area contributed by atoms with Gasteiger partial charge in [-0.1, -0.05) is 30.3 Å². The standard InChI is InChI=1S/C12H10OS2/c1-9-7-12-11(8-14-15(12)13-9)10-5-3-2-4-6-10/h2-8H,1H3. The van der Waals surface area contributed by atoms with E-state index in [1.54, 1.807) is 10.8 Å². The maximum Gasteiger partial charge on any atom is 0.113 e. The summed E-state index contributed by atoms with van der Waals surface area (Å²) in [7, 11) is 1.69. The number of rotatable bonds is 1. The molecule has 0 N–H and O–H groups in total. The molecule has 0 amide bonds. The molecule has 0 saturated heterocycles. The van der Waals surface area contributed by atoms with Crippen LogP contribution in [0.3, 0.4) is 0 Å². The van der Waals surface area contributed by atoms with Crippen molar-refractivity contribution < 1.29 is 4.18 Å². The quantitative estimate of drug-likeness (QED) is 0.537. The van der Waals surface area contributed by atoms with E-state index < -0.39 is 0 Å². The Morgan fingerprint density at radius 1 is 1.20 bits per heavy atom. The van der Waals surface area contributed by atoms with Gasteiger partial charge in [-0.15, -0.1) is 0 Å². The van der Waals surface area contributed by atoms with Gasteiger partial charge in [0.1, 0.15) is 5.76 Å². The molecule has 2 aliphatic rings. The van der Waals surface area contributed by atoms with Crippen molar-refractivity contribution in [3.63, 3.8) is 0 Å². The largest absolute Gasteiger partial charge is 0.427 e. The molecule has 15 heavy (non-hydrogen) atoms. The average molecular weight is 234 g/mol. The van der Waals surface area contributed by atoms with Gasteiger partial charge in [-0.05, 0) is 34.8 Å². The molecule has 1 unspecified atom stereocenters. The lowest BCUT2D eigenvalue weighted by atomic mass is 10.0. The SMILES string of the molecule is CC1=CC2=S(O1)SC=C2c1ccccc1. The van der Waals surface area contributed by atoms with Crippen LogP contribution in [0.25, 0.3) is 5.57 Å². The first-order chi connectivity index (χ1) is 7.34. The maximum atomic E-state index is 5.70. The zero-order valence-corrected chi connectivity index (χ0v) is 9.90. The topological polar surface area (TPSA) is 9.23 Å². The molecule has 0 radical (unpaired) electrons. The fraction of sp³-hybridized carbons (Fsp3) is 0.0833. The first-order valence-electron chi connectivity index (χ1n) is 4.75. The van der Waals surface area contributed by atoms with E-state index >= 15 is 0 Å². The van der Waals surface area contributed by atoms with Gasteiger partial charge >= 0.3 is 0 Å². The summed E-state index contributed by atoms with van der Waals surface area (Å²) in [6, 6.07) is 10.5. The Balaban J connectivity index is 2.03. The highest BCUT2D eigenvalue weighted by Gasteiger charge is 2.23. The first kappa shape index (κ1) is 9.31. The Hall–Kier alpha value is -0.930. The lowest BCUT2D eigenvalue weighted by Crippen LogP contribution is -1.92. The van der Waals surface area contributed by atoms with Crippen LogP contribution in [0.1, 0.15) is 12.5 Å². The van der Waals surface area contributed by atoms with Gasteiger partial charge in [-0.25, -0.2) is 0 Å². The molecule has 0 fully saturated rings. The van der Waals surface area contributed by atoms with Crippen LogP contribution in [0.5, 0.6) is 0 Å². The molecule has 0 spiro atoms. The van der Waals surface area contributed by atoms with Crippen LogP contribution in [0.4, 0.5) is 0 Å². The summed E-state index contributed by atoms with van der Waals surface area (Å²) in [6.45, 7) is 2.02. The number of benzene rings is 1. The van der Waals surface area contributed by atoms with Gasteiger partial charge in [0.15, 0.2) is 0 Å². The summed E-state index contributed by atoms with van der Waals surface area (Å²) in [4.78, 5) is 1.34. The Kier molecular flexibility index (Phi) is 2.22. The fourth-order valence-corrected chi connectivity index (χ4v) is 5.01. The molecular formula is C12H10OS2. The normalized spacial score (nSPS) is 23.3. The summed E-state index contributed by atoms with van der Waals surface area (Å²) in [5.74, 6) is 1.03. The fourth-order valence-electron chi connectivity index (χ4n) is 1.64. The van der Waals surface area contributed by atoms with E-state index in [1.165, 1.54) is 16.0 Å². The highest BCUT2D eigenvalue weighted by atomic mass is 33.1. The molecule has 76 valence electrons. The third-order valence-electron chi connectivity index (χ3n) is 2.32. The molecule has 0 saturated carbocycles. The second-order valence-corrected chi connectivity index (χ2v) is 6.42. The summed E-state index contributed by atoms with van der Waals surface area (Å²) in [6.07, 6.45) is 2.15. The summed E-state index contributed by atoms with van der Waals surface area (Å²) in [5.41, 5.74) is 2.60. The summed E-state index contributed by atoms with van der Waals surface area (Å²) >= 11 is 0. The van der Waals surface area contributed by atoms with E-state index in [-0.39, 0.29) is 9.80 Å². The molecule has 3 heteroatoms. The minimum absolute atomic E-state index is 0.0804. The average Bonchev–Trinajstić information content (AvgIpc) is 2.77. The first-order valence-corrected chi connectivity index (χ1v) is 7.30. The van der Waals surface area contributed by atoms with Crippen molar-refractivity contribution in [3.8, 4) is 0 Å². The van der Waals surface area contributed by atoms with E-state index in [0.717, 1.165) is 5.76 Å². The van der Waals surface area contributed by atoms with E-state index in [9.17, 15) is 0 Å². The van der Waals surface area contributed by atoms with Crippen molar-refractivity contribution in [2.24, 2.45) is 0 Å². The lowest BCUT2D eigenvalue weighted by Gasteiger charge is -2.01. The molecular weight excluding hydrogens is 224 g/mol. The van der Waals surface area contributed by atoms with E-state index in [4.69, 9.17) is 4.18 Å². The minimum Gasteiger partial charge on any atom is -0.427 e. The van der Waals surface area contributed by atoms with E-state index in [1.807, 2.05) is 13.0 Å². The zero-order valence-electron chi connectivity index (χ0n) is 8.27. The van der Waals surface area contributed by atoms with Gasteiger partial charge in [0.2, 0.25) is 0 Å². The second-order valence-electron chi connectivity index (χ2n) is 3.43. The lowest BCUT2D eigenvalue weighted by molar-refractivity contribution is 0.513. The minimum atomic E-state index is -0.0804. The van der Waals surface area contributed by atoms with Crippen LogP contribution in [-0.4, -0.2) is 4.86 Å². The molecule has 0 bridgehead atoms. The van der Waals surface area contributed by atoms with Gasteiger partial charge in [0.25, 0.3) is 0 Å². The van der Waals surface area contributed by atoms with Crippen molar-refractivity contribution in [2.45, 2.75) is 6.92 Å². The van der Waals surface area contributed by atoms with E-state index in [2.05, 4.69) is 35.7 Å². The van der Waals surface area contributed by atoms with Crippen molar-refractivity contribution in [3.05, 3.63) is 53.1 Å². The summed E-state index contributed by atoms with van der Waals surface area (Å²) < 4.78 is 5.70. The van der Waals surface area contributed by atoms with Gasteiger partial charge in [0, 0.05) is 5.57 Å². The molecule has 2 aliphatic heterocycles. The Labute approximate surface area is 95.4 Å². The monoisotopic (exact) mass is 234 g/mol. The van der Waals surface area contributed by atoms with Crippen LogP contribution in [-0.2, 0) is 4.18 Å². The Bertz CT molecular complexity index is 498. The van der Waals surface area contributed by atoms with Crippen molar-refractivity contribution in [1.29, 1.82) is 0 Å². The van der Waals surface area contributed by atoms with E-state index in [0.29, 0.717) is 0 Å². The molecule has 1 nitrogen and oxygen atoms in total. The molecule has 3 rings (SSSR count). The predicted octanol–water partition coefficient (Wildman–Crippen LogP) is 3.98. The van der Waals surface area contributed by atoms with Gasteiger partial charge in [-0.2, -0.15) is 0 Å². The molecule has 1 aromatic rings. The molecule has 0 aromatic heterocycles. The molecule has 2 heterocycles. The van der Waals surface area contributed by atoms with Crippen LogP contribution in [0, 0.1) is 0 Å². The maximum absolute atomic E-state index is 5.70. The third-order valence-corrected chi connectivity index (χ3v) is 5.50. The van der Waals surface area contributed by atoms with Gasteiger partial charge in [-0.3, -0.25) is 0 Å². The van der Waals surface area contributed by atoms with Crippen LogP contribution >= 0.6 is 20.6 Å².